The predicted molar refractivity (Wildman–Crippen MR) is 84.4 cm³/mol. The number of nitrogens with zero attached hydrogens (tertiary/aromatic N) is 3. The molecule has 1 aliphatic heterocycles. The van der Waals surface area contributed by atoms with E-state index >= 15 is 0 Å². The number of nitrogens with one attached hydrogen (secondary N) is 1. The maximum absolute atomic E-state index is 12.1. The molecule has 22 heavy (non-hydrogen) atoms. The third kappa shape index (κ3) is 2.17. The molecule has 1 amide bonds. The number of hydrogen-bond donors (Lipinski definition) is 1. The predicted octanol–water partition coefficient (Wildman–Crippen LogP) is 1.46. The largest absolute Gasteiger partial charge is 0.326 e. The van der Waals surface area contributed by atoms with E-state index in [1.54, 1.807) is 30.3 Å². The summed E-state index contributed by atoms with van der Waals surface area (Å²) in [7, 11) is -0.543. The molecule has 1 aromatic heterocycles. The van der Waals surface area contributed by atoms with E-state index in [9.17, 15) is 13.2 Å². The van der Waals surface area contributed by atoms with Crippen molar-refractivity contribution < 1.29 is 13.2 Å². The van der Waals surface area contributed by atoms with Crippen LogP contribution in [0.15, 0.2) is 42.7 Å². The summed E-state index contributed by atoms with van der Waals surface area (Å²) in [5.74, 6) is -0.279. The van der Waals surface area contributed by atoms with E-state index in [0.717, 1.165) is 0 Å². The highest BCUT2D eigenvalue weighted by Gasteiger charge is 2.35. The van der Waals surface area contributed by atoms with Gasteiger partial charge >= 0.3 is 10.2 Å². The number of pyridine rings is 1. The van der Waals surface area contributed by atoms with Crippen LogP contribution in [0.3, 0.4) is 0 Å². The molecule has 7 nitrogen and oxygen atoms in total. The monoisotopic (exact) mass is 318 g/mol. The molecule has 0 atom stereocenters. The van der Waals surface area contributed by atoms with Gasteiger partial charge in [0.15, 0.2) is 0 Å². The van der Waals surface area contributed by atoms with Crippen molar-refractivity contribution in [2.45, 2.75) is 0 Å². The van der Waals surface area contributed by atoms with E-state index in [2.05, 4.69) is 10.3 Å². The lowest BCUT2D eigenvalue weighted by Crippen LogP contribution is -2.32. The minimum Gasteiger partial charge on any atom is -0.322 e. The van der Waals surface area contributed by atoms with Crippen LogP contribution in [0.4, 0.5) is 17.1 Å². The normalized spacial score (nSPS) is 15.5. The van der Waals surface area contributed by atoms with Crippen LogP contribution >= 0.6 is 0 Å². The van der Waals surface area contributed by atoms with E-state index in [1.807, 2.05) is 0 Å². The van der Waals surface area contributed by atoms with E-state index in [4.69, 9.17) is 0 Å². The maximum Gasteiger partial charge on any atom is 0.326 e. The second-order valence-electron chi connectivity index (χ2n) is 4.84. The van der Waals surface area contributed by atoms with Gasteiger partial charge in [-0.25, -0.2) is 0 Å². The minimum absolute atomic E-state index is 0.279. The Labute approximate surface area is 128 Å². The molecule has 0 aliphatic carbocycles. The van der Waals surface area contributed by atoms with Crippen LogP contribution in [0.5, 0.6) is 0 Å². The van der Waals surface area contributed by atoms with Gasteiger partial charge in [-0.05, 0) is 30.3 Å². The molecule has 0 radical (unpaired) electrons. The average molecular weight is 318 g/mol. The Bertz CT molecular complexity index is 836. The molecule has 0 saturated heterocycles. The highest BCUT2D eigenvalue weighted by Crippen LogP contribution is 2.40. The fourth-order valence-corrected chi connectivity index (χ4v) is 3.42. The zero-order chi connectivity index (χ0) is 15.9. The fourth-order valence-electron chi connectivity index (χ4n) is 2.26. The van der Waals surface area contributed by atoms with Crippen molar-refractivity contribution in [2.75, 3.05) is 28.0 Å². The second-order valence-corrected chi connectivity index (χ2v) is 6.83. The molecule has 0 saturated carbocycles. The SMILES string of the molecule is CN1c2ccc(NC(=O)c3ccncc3)cc2N(C)S1(=O)=O. The van der Waals surface area contributed by atoms with Crippen LogP contribution < -0.4 is 13.9 Å². The van der Waals surface area contributed by atoms with Crippen LogP contribution in [0.2, 0.25) is 0 Å². The highest BCUT2D eigenvalue weighted by atomic mass is 32.2. The van der Waals surface area contributed by atoms with Gasteiger partial charge in [0.05, 0.1) is 11.4 Å². The fraction of sp³-hybridized carbons (Fsp3) is 0.143. The number of fused-ring (bicyclic) bond motifs is 1. The Morgan fingerprint density at radius 2 is 1.68 bits per heavy atom. The molecule has 0 spiro atoms. The lowest BCUT2D eigenvalue weighted by Gasteiger charge is -2.13. The zero-order valence-corrected chi connectivity index (χ0v) is 12.8. The van der Waals surface area contributed by atoms with Gasteiger partial charge < -0.3 is 5.32 Å². The standard InChI is InChI=1S/C14H14N4O3S/c1-17-12-4-3-11(9-13(12)18(2)22(17,20)21)16-14(19)10-5-7-15-8-6-10/h3-9H,1-2H3,(H,16,19). The van der Waals surface area contributed by atoms with Gasteiger partial charge in [0, 0.05) is 37.7 Å². The van der Waals surface area contributed by atoms with Crippen LogP contribution in [0.25, 0.3) is 0 Å². The summed E-state index contributed by atoms with van der Waals surface area (Å²) in [4.78, 5) is 16.0. The number of hydrogen-bond acceptors (Lipinski definition) is 4. The zero-order valence-electron chi connectivity index (χ0n) is 12.0. The molecule has 0 fully saturated rings. The Kier molecular flexibility index (Phi) is 3.25. The number of benzene rings is 1. The molecular weight excluding hydrogens is 304 g/mol. The quantitative estimate of drug-likeness (QED) is 0.909. The molecule has 0 bridgehead atoms. The van der Waals surface area contributed by atoms with Crippen LogP contribution in [-0.2, 0) is 10.2 Å². The molecule has 2 aromatic rings. The summed E-state index contributed by atoms with van der Waals surface area (Å²) >= 11 is 0. The van der Waals surface area contributed by atoms with Crippen molar-refractivity contribution in [3.05, 3.63) is 48.3 Å². The Morgan fingerprint density at radius 1 is 1.05 bits per heavy atom. The first kappa shape index (κ1) is 14.3. The summed E-state index contributed by atoms with van der Waals surface area (Å²) in [5, 5.41) is 2.74. The summed E-state index contributed by atoms with van der Waals surface area (Å²) < 4.78 is 26.5. The van der Waals surface area contributed by atoms with Gasteiger partial charge in [-0.3, -0.25) is 18.4 Å². The average Bonchev–Trinajstić information content (AvgIpc) is 2.69. The lowest BCUT2D eigenvalue weighted by molar-refractivity contribution is 0.102. The van der Waals surface area contributed by atoms with Crippen molar-refractivity contribution in [1.82, 2.24) is 4.98 Å². The molecule has 1 aromatic carbocycles. The van der Waals surface area contributed by atoms with Gasteiger partial charge in [-0.2, -0.15) is 8.42 Å². The van der Waals surface area contributed by atoms with Crippen LogP contribution in [0.1, 0.15) is 10.4 Å². The van der Waals surface area contributed by atoms with Crippen molar-refractivity contribution in [3.63, 3.8) is 0 Å². The number of anilines is 3. The van der Waals surface area contributed by atoms with E-state index in [0.29, 0.717) is 22.6 Å². The first-order valence-corrected chi connectivity index (χ1v) is 7.89. The number of amides is 1. The van der Waals surface area contributed by atoms with Crippen molar-refractivity contribution in [2.24, 2.45) is 0 Å². The van der Waals surface area contributed by atoms with Gasteiger partial charge in [0.25, 0.3) is 5.91 Å². The third-order valence-electron chi connectivity index (χ3n) is 3.55. The molecule has 8 heteroatoms. The minimum atomic E-state index is -3.51. The van der Waals surface area contributed by atoms with Gasteiger partial charge in [-0.1, -0.05) is 0 Å². The van der Waals surface area contributed by atoms with E-state index in [1.165, 1.54) is 35.1 Å². The molecule has 1 N–H and O–H groups in total. The Balaban J connectivity index is 1.90. The van der Waals surface area contributed by atoms with Crippen molar-refractivity contribution in [1.29, 1.82) is 0 Å². The van der Waals surface area contributed by atoms with Crippen molar-refractivity contribution >= 4 is 33.2 Å². The highest BCUT2D eigenvalue weighted by molar-refractivity contribution is 7.94. The topological polar surface area (TPSA) is 82.6 Å². The third-order valence-corrected chi connectivity index (χ3v) is 5.32. The summed E-state index contributed by atoms with van der Waals surface area (Å²) in [6.45, 7) is 0. The van der Waals surface area contributed by atoms with Gasteiger partial charge in [0.1, 0.15) is 0 Å². The van der Waals surface area contributed by atoms with Crippen LogP contribution in [-0.4, -0.2) is 33.4 Å². The number of rotatable bonds is 2. The molecule has 3 rings (SSSR count). The molecular formula is C14H14N4O3S. The molecule has 0 unspecified atom stereocenters. The summed E-state index contributed by atoms with van der Waals surface area (Å²) in [5.41, 5.74) is 2.10. The van der Waals surface area contributed by atoms with Gasteiger partial charge in [-0.15, -0.1) is 0 Å². The van der Waals surface area contributed by atoms with Crippen LogP contribution in [0, 0.1) is 0 Å². The maximum atomic E-state index is 12.1. The molecule has 2 heterocycles. The van der Waals surface area contributed by atoms with E-state index in [-0.39, 0.29) is 5.91 Å². The van der Waals surface area contributed by atoms with Crippen molar-refractivity contribution in [3.8, 4) is 0 Å². The summed E-state index contributed by atoms with van der Waals surface area (Å²) in [6, 6.07) is 8.18. The number of carbonyl (C=O) groups excluding carboxylic acids is 1. The Morgan fingerprint density at radius 3 is 2.36 bits per heavy atom. The number of carbonyl (C=O) groups is 1. The van der Waals surface area contributed by atoms with E-state index < -0.39 is 10.2 Å². The summed E-state index contributed by atoms with van der Waals surface area (Å²) in [6.07, 6.45) is 3.07. The second kappa shape index (κ2) is 4.99. The number of aromatic nitrogens is 1. The molecule has 1 aliphatic rings. The smallest absolute Gasteiger partial charge is 0.322 e. The Hall–Kier alpha value is -2.61. The lowest BCUT2D eigenvalue weighted by atomic mass is 10.2. The first-order chi connectivity index (χ1) is 10.4. The molecule has 114 valence electrons. The first-order valence-electron chi connectivity index (χ1n) is 6.49. The van der Waals surface area contributed by atoms with Gasteiger partial charge in [0.2, 0.25) is 0 Å².